The molecule has 0 radical (unpaired) electrons. The Kier molecular flexibility index (Phi) is 5.26. The molecule has 0 bridgehead atoms. The Bertz CT molecular complexity index is 208. The molecule has 0 amide bonds. The minimum Gasteiger partial charge on any atom is -0.385 e. The molecule has 3 nitrogen and oxygen atoms in total. The van der Waals surface area contributed by atoms with Crippen molar-refractivity contribution < 1.29 is 9.47 Å². The van der Waals surface area contributed by atoms with Gasteiger partial charge in [-0.15, -0.1) is 0 Å². The highest BCUT2D eigenvalue weighted by molar-refractivity contribution is 4.84. The van der Waals surface area contributed by atoms with Crippen molar-refractivity contribution in [1.82, 2.24) is 4.90 Å². The molecule has 2 rings (SSSR count). The Balaban J connectivity index is 1.56. The molecule has 1 heterocycles. The lowest BCUT2D eigenvalue weighted by Crippen LogP contribution is -2.42. The van der Waals surface area contributed by atoms with Crippen molar-refractivity contribution in [2.45, 2.75) is 38.2 Å². The molecule has 2 aliphatic rings. The van der Waals surface area contributed by atoms with Crippen molar-refractivity contribution in [1.29, 1.82) is 0 Å². The standard InChI is InChI=1S/C14H27NO2/c1-16-8-5-12-3-6-15(7-4-12)11-13-9-14(10-13)17-2/h12-14H,3-11H2,1-2H3. The number of hydrogen-bond acceptors (Lipinski definition) is 3. The zero-order valence-corrected chi connectivity index (χ0v) is 11.4. The molecular formula is C14H27NO2. The molecule has 2 fully saturated rings. The molecule has 1 aliphatic heterocycles. The number of nitrogens with zero attached hydrogens (tertiary/aromatic N) is 1. The fourth-order valence-corrected chi connectivity index (χ4v) is 3.12. The molecule has 0 spiro atoms. The van der Waals surface area contributed by atoms with Gasteiger partial charge in [0, 0.05) is 27.4 Å². The van der Waals surface area contributed by atoms with Gasteiger partial charge in [0.2, 0.25) is 0 Å². The minimum atomic E-state index is 0.555. The van der Waals surface area contributed by atoms with E-state index in [4.69, 9.17) is 9.47 Å². The van der Waals surface area contributed by atoms with Gasteiger partial charge in [0.25, 0.3) is 0 Å². The Hall–Kier alpha value is -0.120. The second-order valence-electron chi connectivity index (χ2n) is 5.72. The van der Waals surface area contributed by atoms with Crippen LogP contribution in [0.25, 0.3) is 0 Å². The van der Waals surface area contributed by atoms with Crippen molar-refractivity contribution in [2.24, 2.45) is 11.8 Å². The Labute approximate surface area is 105 Å². The van der Waals surface area contributed by atoms with Crippen molar-refractivity contribution >= 4 is 0 Å². The normalized spacial score (nSPS) is 31.4. The van der Waals surface area contributed by atoms with E-state index >= 15 is 0 Å². The smallest absolute Gasteiger partial charge is 0.0577 e. The number of rotatable bonds is 6. The summed E-state index contributed by atoms with van der Waals surface area (Å²) in [6.07, 6.45) is 7.09. The maximum atomic E-state index is 5.33. The molecule has 1 saturated carbocycles. The summed E-state index contributed by atoms with van der Waals surface area (Å²) in [6.45, 7) is 4.82. The Morgan fingerprint density at radius 2 is 1.76 bits per heavy atom. The van der Waals surface area contributed by atoms with Gasteiger partial charge in [-0.05, 0) is 57.0 Å². The van der Waals surface area contributed by atoms with Crippen LogP contribution in [0.1, 0.15) is 32.1 Å². The van der Waals surface area contributed by atoms with E-state index in [1.165, 1.54) is 51.7 Å². The number of piperidine rings is 1. The molecule has 1 saturated heterocycles. The largest absolute Gasteiger partial charge is 0.385 e. The molecule has 0 unspecified atom stereocenters. The highest BCUT2D eigenvalue weighted by Crippen LogP contribution is 2.31. The first kappa shape index (κ1) is 13.3. The summed E-state index contributed by atoms with van der Waals surface area (Å²) in [4.78, 5) is 2.65. The lowest BCUT2D eigenvalue weighted by atomic mass is 9.81. The fourth-order valence-electron chi connectivity index (χ4n) is 3.12. The zero-order valence-electron chi connectivity index (χ0n) is 11.4. The lowest BCUT2D eigenvalue weighted by Gasteiger charge is -2.40. The maximum Gasteiger partial charge on any atom is 0.0577 e. The number of hydrogen-bond donors (Lipinski definition) is 0. The molecule has 0 aromatic heterocycles. The number of ether oxygens (including phenoxy) is 2. The molecule has 3 heteroatoms. The van der Waals surface area contributed by atoms with Crippen molar-refractivity contribution in [3.05, 3.63) is 0 Å². The predicted molar refractivity (Wildman–Crippen MR) is 69.2 cm³/mol. The van der Waals surface area contributed by atoms with Crippen LogP contribution in [0.3, 0.4) is 0 Å². The average Bonchev–Trinajstić information content (AvgIpc) is 2.32. The van der Waals surface area contributed by atoms with Gasteiger partial charge >= 0.3 is 0 Å². The minimum absolute atomic E-state index is 0.555. The average molecular weight is 241 g/mol. The second-order valence-corrected chi connectivity index (χ2v) is 5.72. The summed E-state index contributed by atoms with van der Waals surface area (Å²) >= 11 is 0. The molecule has 17 heavy (non-hydrogen) atoms. The summed E-state index contributed by atoms with van der Waals surface area (Å²) in [6, 6.07) is 0. The number of likely N-dealkylation sites (tertiary alicyclic amines) is 1. The van der Waals surface area contributed by atoms with E-state index in [-0.39, 0.29) is 0 Å². The van der Waals surface area contributed by atoms with E-state index in [0.29, 0.717) is 6.10 Å². The van der Waals surface area contributed by atoms with Crippen LogP contribution < -0.4 is 0 Å². The third-order valence-corrected chi connectivity index (χ3v) is 4.48. The maximum absolute atomic E-state index is 5.33. The van der Waals surface area contributed by atoms with Crippen LogP contribution >= 0.6 is 0 Å². The van der Waals surface area contributed by atoms with Crippen LogP contribution in [-0.2, 0) is 9.47 Å². The van der Waals surface area contributed by atoms with Crippen LogP contribution in [0.5, 0.6) is 0 Å². The lowest BCUT2D eigenvalue weighted by molar-refractivity contribution is -0.0146. The van der Waals surface area contributed by atoms with Gasteiger partial charge in [-0.25, -0.2) is 0 Å². The van der Waals surface area contributed by atoms with Gasteiger partial charge in [-0.3, -0.25) is 0 Å². The van der Waals surface area contributed by atoms with E-state index in [9.17, 15) is 0 Å². The van der Waals surface area contributed by atoms with Gasteiger partial charge in [-0.2, -0.15) is 0 Å². The van der Waals surface area contributed by atoms with Crippen LogP contribution in [0.15, 0.2) is 0 Å². The fraction of sp³-hybridized carbons (Fsp3) is 1.00. The first-order valence-electron chi connectivity index (χ1n) is 7.06. The van der Waals surface area contributed by atoms with Gasteiger partial charge < -0.3 is 14.4 Å². The van der Waals surface area contributed by atoms with E-state index in [1.54, 1.807) is 7.11 Å². The van der Waals surface area contributed by atoms with E-state index in [1.807, 2.05) is 7.11 Å². The third kappa shape index (κ3) is 3.94. The van der Waals surface area contributed by atoms with Gasteiger partial charge in [0.1, 0.15) is 0 Å². The zero-order chi connectivity index (χ0) is 12.1. The molecule has 100 valence electrons. The summed E-state index contributed by atoms with van der Waals surface area (Å²) in [7, 11) is 3.64. The Morgan fingerprint density at radius 3 is 2.35 bits per heavy atom. The summed E-state index contributed by atoms with van der Waals surface area (Å²) < 4.78 is 10.5. The molecule has 0 N–H and O–H groups in total. The summed E-state index contributed by atoms with van der Waals surface area (Å²) in [5.74, 6) is 1.80. The first-order chi connectivity index (χ1) is 8.31. The Morgan fingerprint density at radius 1 is 1.06 bits per heavy atom. The number of methoxy groups -OCH3 is 2. The van der Waals surface area contributed by atoms with Crippen LogP contribution in [0.2, 0.25) is 0 Å². The molecule has 0 atom stereocenters. The highest BCUT2D eigenvalue weighted by atomic mass is 16.5. The third-order valence-electron chi connectivity index (χ3n) is 4.48. The van der Waals surface area contributed by atoms with Crippen LogP contribution in [0, 0.1) is 11.8 Å². The van der Waals surface area contributed by atoms with E-state index < -0.39 is 0 Å². The van der Waals surface area contributed by atoms with Gasteiger partial charge in [0.15, 0.2) is 0 Å². The highest BCUT2D eigenvalue weighted by Gasteiger charge is 2.31. The van der Waals surface area contributed by atoms with Gasteiger partial charge in [0.05, 0.1) is 6.10 Å². The first-order valence-corrected chi connectivity index (χ1v) is 7.06. The van der Waals surface area contributed by atoms with Crippen molar-refractivity contribution in [3.63, 3.8) is 0 Å². The summed E-state index contributed by atoms with van der Waals surface area (Å²) in [5, 5.41) is 0. The topological polar surface area (TPSA) is 21.7 Å². The van der Waals surface area contributed by atoms with Crippen LogP contribution in [-0.4, -0.2) is 51.5 Å². The summed E-state index contributed by atoms with van der Waals surface area (Å²) in [5.41, 5.74) is 0. The predicted octanol–water partition coefficient (Wildman–Crippen LogP) is 2.16. The quantitative estimate of drug-likeness (QED) is 0.711. The second kappa shape index (κ2) is 6.72. The molecular weight excluding hydrogens is 214 g/mol. The van der Waals surface area contributed by atoms with E-state index in [2.05, 4.69) is 4.90 Å². The molecule has 1 aliphatic carbocycles. The van der Waals surface area contributed by atoms with Gasteiger partial charge in [-0.1, -0.05) is 0 Å². The van der Waals surface area contributed by atoms with E-state index in [0.717, 1.165) is 18.4 Å². The van der Waals surface area contributed by atoms with Crippen molar-refractivity contribution in [2.75, 3.05) is 40.5 Å². The molecule has 0 aromatic rings. The SMILES string of the molecule is COCCC1CCN(CC2CC(OC)C2)CC1. The monoisotopic (exact) mass is 241 g/mol. The molecule has 0 aromatic carbocycles. The van der Waals surface area contributed by atoms with Crippen molar-refractivity contribution in [3.8, 4) is 0 Å². The van der Waals surface area contributed by atoms with Crippen LogP contribution in [0.4, 0.5) is 0 Å².